The lowest BCUT2D eigenvalue weighted by Crippen LogP contribution is -2.32. The summed E-state index contributed by atoms with van der Waals surface area (Å²) in [5.74, 6) is 0. The van der Waals surface area contributed by atoms with Gasteiger partial charge in [-0.25, -0.2) is 9.13 Å². The Morgan fingerprint density at radius 3 is 2.89 bits per heavy atom. The second-order valence-electron chi connectivity index (χ2n) is 5.15. The van der Waals surface area contributed by atoms with Crippen molar-refractivity contribution in [3.8, 4) is 0 Å². The van der Waals surface area contributed by atoms with Crippen LogP contribution < -0.4 is 4.57 Å². The predicted octanol–water partition coefficient (Wildman–Crippen LogP) is 2.72. The molecule has 0 spiro atoms. The first-order valence-electron chi connectivity index (χ1n) is 6.88. The van der Waals surface area contributed by atoms with E-state index in [1.807, 2.05) is 18.3 Å². The van der Waals surface area contributed by atoms with Crippen LogP contribution >= 0.6 is 0 Å². The van der Waals surface area contributed by atoms with E-state index in [0.717, 1.165) is 12.2 Å². The van der Waals surface area contributed by atoms with Crippen LogP contribution in [0.4, 0.5) is 0 Å². The van der Waals surface area contributed by atoms with Crippen molar-refractivity contribution in [1.29, 1.82) is 0 Å². The molecule has 0 bridgehead atoms. The van der Waals surface area contributed by atoms with E-state index in [1.165, 1.54) is 32.1 Å². The number of hydrogen-bond donors (Lipinski definition) is 0. The van der Waals surface area contributed by atoms with Gasteiger partial charge in [-0.05, 0) is 37.8 Å². The van der Waals surface area contributed by atoms with Gasteiger partial charge in [0, 0.05) is 6.20 Å². The molecule has 0 aromatic carbocycles. The Labute approximate surface area is 108 Å². The Balaban J connectivity index is 1.69. The fourth-order valence-electron chi connectivity index (χ4n) is 2.78. The zero-order valence-corrected chi connectivity index (χ0v) is 10.7. The van der Waals surface area contributed by atoms with Gasteiger partial charge in [-0.2, -0.15) is 0 Å². The zero-order valence-electron chi connectivity index (χ0n) is 10.7. The highest BCUT2D eigenvalue weighted by molar-refractivity contribution is 5.01. The van der Waals surface area contributed by atoms with Gasteiger partial charge >= 0.3 is 0 Å². The molecule has 0 atom stereocenters. The van der Waals surface area contributed by atoms with E-state index in [2.05, 4.69) is 38.9 Å². The van der Waals surface area contributed by atoms with E-state index in [-0.39, 0.29) is 0 Å². The van der Waals surface area contributed by atoms with Gasteiger partial charge in [0.05, 0.1) is 5.69 Å². The molecule has 1 aliphatic carbocycles. The largest absolute Gasteiger partial charge is 0.257 e. The van der Waals surface area contributed by atoms with Crippen molar-refractivity contribution < 1.29 is 4.57 Å². The maximum absolute atomic E-state index is 4.37. The highest BCUT2D eigenvalue weighted by Gasteiger charge is 2.19. The fraction of sp³-hybridized carbons (Fsp3) is 0.467. The van der Waals surface area contributed by atoms with E-state index in [4.69, 9.17) is 0 Å². The number of imidazole rings is 1. The molecule has 2 aromatic heterocycles. The van der Waals surface area contributed by atoms with Gasteiger partial charge in [0.1, 0.15) is 25.0 Å². The van der Waals surface area contributed by atoms with Crippen molar-refractivity contribution in [2.75, 3.05) is 0 Å². The minimum absolute atomic E-state index is 0.712. The van der Waals surface area contributed by atoms with Crippen LogP contribution in [0, 0.1) is 0 Å². The van der Waals surface area contributed by atoms with Crippen LogP contribution in [0.25, 0.3) is 0 Å². The summed E-state index contributed by atoms with van der Waals surface area (Å²) in [5, 5.41) is 0. The van der Waals surface area contributed by atoms with Crippen molar-refractivity contribution in [2.24, 2.45) is 0 Å². The summed E-state index contributed by atoms with van der Waals surface area (Å²) >= 11 is 0. The standard InChI is InChI=1S/C15H20N3/c1-2-7-15(8-3-1)18-11-10-17(13-18)12-14-6-4-5-9-16-14/h4-6,9-11,13,15H,1-3,7-8,12H2/q+1. The summed E-state index contributed by atoms with van der Waals surface area (Å²) < 4.78 is 4.60. The molecule has 1 aliphatic rings. The summed E-state index contributed by atoms with van der Waals surface area (Å²) in [6.07, 6.45) is 15.3. The molecule has 0 aliphatic heterocycles. The van der Waals surface area contributed by atoms with Crippen molar-refractivity contribution in [1.82, 2.24) is 9.55 Å². The van der Waals surface area contributed by atoms with Crippen LogP contribution in [0.5, 0.6) is 0 Å². The third-order valence-corrected chi connectivity index (χ3v) is 3.78. The van der Waals surface area contributed by atoms with Crippen molar-refractivity contribution in [3.63, 3.8) is 0 Å². The lowest BCUT2D eigenvalue weighted by Gasteiger charge is -2.18. The Kier molecular flexibility index (Phi) is 3.40. The molecule has 1 fully saturated rings. The number of aromatic nitrogens is 3. The SMILES string of the molecule is c1ccc(C[n+]2ccn(C3CCCCC3)c2)nc1. The lowest BCUT2D eigenvalue weighted by molar-refractivity contribution is -0.688. The molecule has 3 heteroatoms. The molecular weight excluding hydrogens is 222 g/mol. The molecule has 3 nitrogen and oxygen atoms in total. The summed E-state index contributed by atoms with van der Waals surface area (Å²) in [4.78, 5) is 4.37. The molecule has 0 unspecified atom stereocenters. The van der Waals surface area contributed by atoms with Crippen LogP contribution in [0.15, 0.2) is 43.1 Å². The molecule has 1 saturated carbocycles. The second kappa shape index (κ2) is 5.34. The maximum atomic E-state index is 4.37. The Morgan fingerprint density at radius 2 is 2.11 bits per heavy atom. The zero-order chi connectivity index (χ0) is 12.2. The highest BCUT2D eigenvalue weighted by atomic mass is 15.1. The van der Waals surface area contributed by atoms with Crippen LogP contribution in [0.1, 0.15) is 43.8 Å². The molecule has 18 heavy (non-hydrogen) atoms. The quantitative estimate of drug-likeness (QED) is 0.758. The first-order valence-corrected chi connectivity index (χ1v) is 6.88. The average molecular weight is 242 g/mol. The minimum atomic E-state index is 0.712. The molecule has 2 heterocycles. The first kappa shape index (κ1) is 11.5. The predicted molar refractivity (Wildman–Crippen MR) is 70.1 cm³/mol. The van der Waals surface area contributed by atoms with Crippen LogP contribution in [0.3, 0.4) is 0 Å². The number of rotatable bonds is 3. The monoisotopic (exact) mass is 242 g/mol. The van der Waals surface area contributed by atoms with Crippen LogP contribution in [-0.2, 0) is 6.54 Å². The summed E-state index contributed by atoms with van der Waals surface area (Å²) in [5.41, 5.74) is 1.11. The van der Waals surface area contributed by atoms with Crippen molar-refractivity contribution >= 4 is 0 Å². The maximum Gasteiger partial charge on any atom is 0.244 e. The lowest BCUT2D eigenvalue weighted by atomic mass is 9.95. The smallest absolute Gasteiger partial charge is 0.244 e. The van der Waals surface area contributed by atoms with Gasteiger partial charge in [-0.3, -0.25) is 4.98 Å². The third-order valence-electron chi connectivity index (χ3n) is 3.78. The summed E-state index contributed by atoms with van der Waals surface area (Å²) in [6.45, 7) is 0.862. The molecule has 0 amide bonds. The Hall–Kier alpha value is -1.64. The molecule has 0 N–H and O–H groups in total. The second-order valence-corrected chi connectivity index (χ2v) is 5.15. The van der Waals surface area contributed by atoms with Gasteiger partial charge in [-0.1, -0.05) is 12.5 Å². The van der Waals surface area contributed by atoms with Crippen molar-refractivity contribution in [2.45, 2.75) is 44.7 Å². The van der Waals surface area contributed by atoms with E-state index in [1.54, 1.807) is 0 Å². The summed E-state index contributed by atoms with van der Waals surface area (Å²) in [6, 6.07) is 6.79. The molecule has 2 aromatic rings. The van der Waals surface area contributed by atoms with Gasteiger partial charge < -0.3 is 0 Å². The molecule has 0 radical (unpaired) electrons. The van der Waals surface area contributed by atoms with Gasteiger partial charge in [0.2, 0.25) is 6.33 Å². The van der Waals surface area contributed by atoms with Gasteiger partial charge in [-0.15, -0.1) is 0 Å². The number of hydrogen-bond acceptors (Lipinski definition) is 1. The highest BCUT2D eigenvalue weighted by Crippen LogP contribution is 2.27. The number of pyridine rings is 1. The van der Waals surface area contributed by atoms with E-state index in [0.29, 0.717) is 6.04 Å². The Bertz CT molecular complexity index is 483. The van der Waals surface area contributed by atoms with E-state index >= 15 is 0 Å². The summed E-state index contributed by atoms with van der Waals surface area (Å²) in [7, 11) is 0. The van der Waals surface area contributed by atoms with Crippen LogP contribution in [0.2, 0.25) is 0 Å². The van der Waals surface area contributed by atoms with Crippen molar-refractivity contribution in [3.05, 3.63) is 48.8 Å². The fourth-order valence-corrected chi connectivity index (χ4v) is 2.78. The molecule has 0 saturated heterocycles. The van der Waals surface area contributed by atoms with E-state index in [9.17, 15) is 0 Å². The minimum Gasteiger partial charge on any atom is -0.257 e. The van der Waals surface area contributed by atoms with E-state index < -0.39 is 0 Å². The third kappa shape index (κ3) is 2.61. The topological polar surface area (TPSA) is 21.7 Å². The molecule has 94 valence electrons. The Morgan fingerprint density at radius 1 is 1.22 bits per heavy atom. The first-order chi connectivity index (χ1) is 8.92. The molecule has 3 rings (SSSR count). The normalized spacial score (nSPS) is 16.9. The van der Waals surface area contributed by atoms with Crippen LogP contribution in [-0.4, -0.2) is 9.55 Å². The molecular formula is C15H20N3+. The van der Waals surface area contributed by atoms with Gasteiger partial charge in [0.15, 0.2) is 0 Å². The van der Waals surface area contributed by atoms with Gasteiger partial charge in [0.25, 0.3) is 0 Å². The number of nitrogens with zero attached hydrogens (tertiary/aromatic N) is 3. The average Bonchev–Trinajstić information content (AvgIpc) is 2.89.